The number of hydrogen-bond donors (Lipinski definition) is 2. The molecule has 0 aliphatic rings. The summed E-state index contributed by atoms with van der Waals surface area (Å²) in [4.78, 5) is 19.6. The van der Waals surface area contributed by atoms with Crippen LogP contribution >= 0.6 is 0 Å². The van der Waals surface area contributed by atoms with Crippen molar-refractivity contribution >= 4 is 11.6 Å². The maximum absolute atomic E-state index is 11.6. The van der Waals surface area contributed by atoms with Crippen molar-refractivity contribution in [2.45, 2.75) is 13.3 Å². The van der Waals surface area contributed by atoms with Crippen LogP contribution in [0.25, 0.3) is 5.82 Å². The van der Waals surface area contributed by atoms with Gasteiger partial charge in [0, 0.05) is 0 Å². The van der Waals surface area contributed by atoms with Crippen LogP contribution in [0.5, 0.6) is 0 Å². The monoisotopic (exact) mass is 260 g/mol. The van der Waals surface area contributed by atoms with Crippen molar-refractivity contribution in [3.8, 4) is 5.82 Å². The highest BCUT2D eigenvalue weighted by atomic mass is 16.1. The number of rotatable bonds is 6. The second kappa shape index (κ2) is 6.60. The molecule has 0 aliphatic carbocycles. The van der Waals surface area contributed by atoms with Crippen LogP contribution in [0.1, 0.15) is 13.3 Å². The standard InChI is InChI=1S/C12H16N6O/c1-2-5-13-7-12(19)17-10-3-4-11(15-6-10)18-9-14-8-16-18/h3-4,6,8-9,13H,2,5,7H2,1H3,(H,17,19). The highest BCUT2D eigenvalue weighted by Gasteiger charge is 2.03. The zero-order valence-corrected chi connectivity index (χ0v) is 10.7. The normalized spacial score (nSPS) is 10.4. The number of aromatic nitrogens is 4. The molecule has 0 atom stereocenters. The summed E-state index contributed by atoms with van der Waals surface area (Å²) in [7, 11) is 0. The van der Waals surface area contributed by atoms with Gasteiger partial charge >= 0.3 is 0 Å². The summed E-state index contributed by atoms with van der Waals surface area (Å²) < 4.78 is 1.55. The molecule has 0 aromatic carbocycles. The Balaban J connectivity index is 1.90. The van der Waals surface area contributed by atoms with Crippen LogP contribution < -0.4 is 10.6 Å². The second-order valence-corrected chi connectivity index (χ2v) is 3.97. The van der Waals surface area contributed by atoms with Gasteiger partial charge in [0.25, 0.3) is 0 Å². The third kappa shape index (κ3) is 3.85. The van der Waals surface area contributed by atoms with E-state index in [1.165, 1.54) is 6.33 Å². The van der Waals surface area contributed by atoms with Gasteiger partial charge in [-0.25, -0.2) is 14.6 Å². The lowest BCUT2D eigenvalue weighted by atomic mass is 10.4. The maximum Gasteiger partial charge on any atom is 0.238 e. The van der Waals surface area contributed by atoms with Gasteiger partial charge < -0.3 is 10.6 Å². The third-order valence-corrected chi connectivity index (χ3v) is 2.40. The van der Waals surface area contributed by atoms with Crippen LogP contribution in [0.3, 0.4) is 0 Å². The zero-order chi connectivity index (χ0) is 13.5. The van der Waals surface area contributed by atoms with E-state index in [0.29, 0.717) is 18.1 Å². The Hall–Kier alpha value is -2.28. The molecule has 1 amide bonds. The molecule has 0 fully saturated rings. The summed E-state index contributed by atoms with van der Waals surface area (Å²) >= 11 is 0. The van der Waals surface area contributed by atoms with Crippen molar-refractivity contribution in [1.82, 2.24) is 25.1 Å². The van der Waals surface area contributed by atoms with Crippen LogP contribution in [0.4, 0.5) is 5.69 Å². The van der Waals surface area contributed by atoms with Gasteiger partial charge in [-0.15, -0.1) is 0 Å². The molecule has 100 valence electrons. The number of carbonyl (C=O) groups excluding carboxylic acids is 1. The number of nitrogens with zero attached hydrogens (tertiary/aromatic N) is 4. The summed E-state index contributed by atoms with van der Waals surface area (Å²) in [5.74, 6) is 0.573. The minimum atomic E-state index is -0.0799. The van der Waals surface area contributed by atoms with Crippen molar-refractivity contribution in [3.05, 3.63) is 31.0 Å². The minimum Gasteiger partial charge on any atom is -0.324 e. The first kappa shape index (κ1) is 13.2. The minimum absolute atomic E-state index is 0.0799. The Bertz CT molecular complexity index is 508. The van der Waals surface area contributed by atoms with Gasteiger partial charge in [0.1, 0.15) is 12.7 Å². The van der Waals surface area contributed by atoms with Crippen molar-refractivity contribution in [2.75, 3.05) is 18.4 Å². The average Bonchev–Trinajstić information content (AvgIpc) is 2.94. The number of pyridine rings is 1. The van der Waals surface area contributed by atoms with Gasteiger partial charge in [0.2, 0.25) is 5.91 Å². The fourth-order valence-electron chi connectivity index (χ4n) is 1.51. The zero-order valence-electron chi connectivity index (χ0n) is 10.7. The van der Waals surface area contributed by atoms with Crippen molar-refractivity contribution < 1.29 is 4.79 Å². The van der Waals surface area contributed by atoms with Crippen LogP contribution in [-0.4, -0.2) is 38.7 Å². The van der Waals surface area contributed by atoms with Crippen LogP contribution in [0.2, 0.25) is 0 Å². The largest absolute Gasteiger partial charge is 0.324 e. The molecule has 0 radical (unpaired) electrons. The molecule has 0 unspecified atom stereocenters. The van der Waals surface area contributed by atoms with E-state index in [1.807, 2.05) is 0 Å². The van der Waals surface area contributed by atoms with E-state index < -0.39 is 0 Å². The van der Waals surface area contributed by atoms with Gasteiger partial charge in [-0.2, -0.15) is 5.10 Å². The van der Waals surface area contributed by atoms with Crippen LogP contribution in [0, 0.1) is 0 Å². The molecule has 19 heavy (non-hydrogen) atoms. The highest BCUT2D eigenvalue weighted by Crippen LogP contribution is 2.08. The van der Waals surface area contributed by atoms with Crippen molar-refractivity contribution in [3.63, 3.8) is 0 Å². The molecule has 2 heterocycles. The molecule has 2 rings (SSSR count). The Morgan fingerprint density at radius 3 is 2.95 bits per heavy atom. The molecule has 7 nitrogen and oxygen atoms in total. The van der Waals surface area contributed by atoms with Crippen LogP contribution in [-0.2, 0) is 4.79 Å². The molecule has 2 aromatic rings. The summed E-state index contributed by atoms with van der Waals surface area (Å²) in [5, 5.41) is 9.77. The fourth-order valence-corrected chi connectivity index (χ4v) is 1.51. The Kier molecular flexibility index (Phi) is 4.57. The number of carbonyl (C=O) groups is 1. The Morgan fingerprint density at radius 2 is 2.32 bits per heavy atom. The number of anilines is 1. The molecule has 0 saturated carbocycles. The van der Waals surface area contributed by atoms with E-state index in [4.69, 9.17) is 0 Å². The van der Waals surface area contributed by atoms with Gasteiger partial charge in [-0.05, 0) is 25.1 Å². The first-order chi connectivity index (χ1) is 9.29. The topological polar surface area (TPSA) is 84.7 Å². The quantitative estimate of drug-likeness (QED) is 0.743. The number of hydrogen-bond acceptors (Lipinski definition) is 5. The highest BCUT2D eigenvalue weighted by molar-refractivity contribution is 5.92. The van der Waals surface area contributed by atoms with Gasteiger partial charge in [0.05, 0.1) is 18.4 Å². The summed E-state index contributed by atoms with van der Waals surface area (Å²) in [5.41, 5.74) is 0.659. The first-order valence-electron chi connectivity index (χ1n) is 6.11. The Labute approximate surface area is 111 Å². The average molecular weight is 260 g/mol. The van der Waals surface area contributed by atoms with E-state index in [2.05, 4.69) is 32.6 Å². The number of amides is 1. The van der Waals surface area contributed by atoms with Crippen molar-refractivity contribution in [2.24, 2.45) is 0 Å². The maximum atomic E-state index is 11.6. The van der Waals surface area contributed by atoms with E-state index in [-0.39, 0.29) is 5.91 Å². The molecule has 0 bridgehead atoms. The van der Waals surface area contributed by atoms with Gasteiger partial charge in [0.15, 0.2) is 5.82 Å². The Morgan fingerprint density at radius 1 is 1.42 bits per heavy atom. The molecule has 2 N–H and O–H groups in total. The fraction of sp³-hybridized carbons (Fsp3) is 0.333. The number of nitrogens with one attached hydrogen (secondary N) is 2. The van der Waals surface area contributed by atoms with E-state index in [1.54, 1.807) is 29.3 Å². The molecular weight excluding hydrogens is 244 g/mol. The molecule has 0 spiro atoms. The first-order valence-corrected chi connectivity index (χ1v) is 6.11. The smallest absolute Gasteiger partial charge is 0.238 e. The van der Waals surface area contributed by atoms with Crippen LogP contribution in [0.15, 0.2) is 31.0 Å². The summed E-state index contributed by atoms with van der Waals surface area (Å²) in [6.07, 6.45) is 5.60. The SMILES string of the molecule is CCCNCC(=O)Nc1ccc(-n2cncn2)nc1. The van der Waals surface area contributed by atoms with E-state index in [0.717, 1.165) is 13.0 Å². The van der Waals surface area contributed by atoms with E-state index in [9.17, 15) is 4.79 Å². The predicted octanol–water partition coefficient (Wildman–Crippen LogP) is 0.600. The molecule has 2 aromatic heterocycles. The summed E-state index contributed by atoms with van der Waals surface area (Å²) in [6, 6.07) is 3.55. The van der Waals surface area contributed by atoms with Crippen molar-refractivity contribution in [1.29, 1.82) is 0 Å². The lowest BCUT2D eigenvalue weighted by Crippen LogP contribution is -2.28. The lowest BCUT2D eigenvalue weighted by molar-refractivity contribution is -0.115. The predicted molar refractivity (Wildman–Crippen MR) is 70.9 cm³/mol. The lowest BCUT2D eigenvalue weighted by Gasteiger charge is -2.06. The molecular formula is C12H16N6O. The second-order valence-electron chi connectivity index (χ2n) is 3.97. The third-order valence-electron chi connectivity index (χ3n) is 2.40. The molecule has 0 aliphatic heterocycles. The van der Waals surface area contributed by atoms with Gasteiger partial charge in [-0.1, -0.05) is 6.92 Å². The summed E-state index contributed by atoms with van der Waals surface area (Å²) in [6.45, 7) is 3.19. The molecule has 0 saturated heterocycles. The van der Waals surface area contributed by atoms with E-state index >= 15 is 0 Å². The van der Waals surface area contributed by atoms with Gasteiger partial charge in [-0.3, -0.25) is 4.79 Å². The molecule has 7 heteroatoms.